The fourth-order valence-electron chi connectivity index (χ4n) is 6.06. The van der Waals surface area contributed by atoms with Crippen LogP contribution in [0.2, 0.25) is 0 Å². The van der Waals surface area contributed by atoms with E-state index in [1.165, 1.54) is 32.1 Å². The van der Waals surface area contributed by atoms with Crippen molar-refractivity contribution in [3.8, 4) is 0 Å². The Bertz CT molecular complexity index is 1420. The first-order valence-corrected chi connectivity index (χ1v) is 24.8. The predicted octanol–water partition coefficient (Wildman–Crippen LogP) is 16.3. The summed E-state index contributed by atoms with van der Waals surface area (Å²) in [5, 5.41) is 0. The third-order valence-electron chi connectivity index (χ3n) is 9.74. The minimum atomic E-state index is -0.827. The molecule has 0 aliphatic heterocycles. The van der Waals surface area contributed by atoms with Crippen LogP contribution in [0.5, 0.6) is 0 Å². The number of rotatable bonds is 42. The molecule has 0 saturated heterocycles. The first-order valence-electron chi connectivity index (χ1n) is 24.8. The van der Waals surface area contributed by atoms with Gasteiger partial charge in [0.15, 0.2) is 6.10 Å². The number of unbranched alkanes of at least 4 members (excludes halogenated alkanes) is 13. The Hall–Kier alpha value is -4.45. The van der Waals surface area contributed by atoms with E-state index in [4.69, 9.17) is 14.2 Å². The Balaban J connectivity index is 4.59. The van der Waals surface area contributed by atoms with Crippen LogP contribution < -0.4 is 0 Å². The van der Waals surface area contributed by atoms with Crippen molar-refractivity contribution in [2.75, 3.05) is 13.2 Å². The first-order chi connectivity index (χ1) is 31.0. The van der Waals surface area contributed by atoms with E-state index < -0.39 is 6.10 Å². The van der Waals surface area contributed by atoms with Gasteiger partial charge in [-0.15, -0.1) is 0 Å². The van der Waals surface area contributed by atoms with Gasteiger partial charge in [0.2, 0.25) is 0 Å². The third-order valence-corrected chi connectivity index (χ3v) is 9.74. The molecule has 0 radical (unpaired) electrons. The highest BCUT2D eigenvalue weighted by atomic mass is 16.6. The van der Waals surface area contributed by atoms with E-state index in [-0.39, 0.29) is 44.0 Å². The summed E-state index contributed by atoms with van der Waals surface area (Å²) in [4.78, 5) is 37.9. The number of esters is 3. The lowest BCUT2D eigenvalue weighted by atomic mass is 10.1. The number of carbonyl (C=O) groups excluding carboxylic acids is 3. The molecular weight excluding hydrogens is 781 g/mol. The molecule has 0 aromatic heterocycles. The van der Waals surface area contributed by atoms with Crippen molar-refractivity contribution in [3.05, 3.63) is 134 Å². The molecule has 6 nitrogen and oxygen atoms in total. The Morgan fingerprint density at radius 2 is 0.714 bits per heavy atom. The zero-order valence-corrected chi connectivity index (χ0v) is 40.0. The van der Waals surface area contributed by atoms with Crippen LogP contribution in [0.15, 0.2) is 134 Å². The van der Waals surface area contributed by atoms with Crippen molar-refractivity contribution < 1.29 is 28.6 Å². The summed E-state index contributed by atoms with van der Waals surface area (Å²) in [5.41, 5.74) is 0. The van der Waals surface area contributed by atoms with E-state index in [0.717, 1.165) is 109 Å². The van der Waals surface area contributed by atoms with E-state index in [1.54, 1.807) is 0 Å². The van der Waals surface area contributed by atoms with Gasteiger partial charge in [-0.3, -0.25) is 14.4 Å². The zero-order valence-electron chi connectivity index (χ0n) is 40.0. The molecule has 0 heterocycles. The molecule has 0 rings (SSSR count). The van der Waals surface area contributed by atoms with Crippen molar-refractivity contribution in [1.82, 2.24) is 0 Å². The summed E-state index contributed by atoms with van der Waals surface area (Å²) in [6.07, 6.45) is 70.1. The van der Waals surface area contributed by atoms with Crippen LogP contribution in [-0.4, -0.2) is 37.2 Å². The smallest absolute Gasteiger partial charge is 0.306 e. The van der Waals surface area contributed by atoms with Gasteiger partial charge in [-0.2, -0.15) is 0 Å². The number of ether oxygens (including phenoxy) is 3. The summed E-state index contributed by atoms with van der Waals surface area (Å²) in [5.74, 6) is -1.05. The second-order valence-corrected chi connectivity index (χ2v) is 15.7. The minimum Gasteiger partial charge on any atom is -0.462 e. The maximum absolute atomic E-state index is 12.8. The number of carbonyl (C=O) groups is 3. The quantitative estimate of drug-likeness (QED) is 0.0200. The molecule has 0 aliphatic carbocycles. The Morgan fingerprint density at radius 1 is 0.349 bits per heavy atom. The van der Waals surface area contributed by atoms with E-state index in [1.807, 2.05) is 36.5 Å². The van der Waals surface area contributed by atoms with Gasteiger partial charge in [-0.1, -0.05) is 199 Å². The Morgan fingerprint density at radius 3 is 1.24 bits per heavy atom. The predicted molar refractivity (Wildman–Crippen MR) is 269 cm³/mol. The fourth-order valence-corrected chi connectivity index (χ4v) is 6.06. The van der Waals surface area contributed by atoms with Crippen LogP contribution in [0.1, 0.15) is 188 Å². The van der Waals surface area contributed by atoms with Crippen LogP contribution in [-0.2, 0) is 28.6 Å². The molecule has 352 valence electrons. The lowest BCUT2D eigenvalue weighted by Crippen LogP contribution is -2.30. The van der Waals surface area contributed by atoms with Gasteiger partial charge in [0.25, 0.3) is 0 Å². The summed E-state index contributed by atoms with van der Waals surface area (Å²) in [7, 11) is 0. The molecular formula is C57H88O6. The molecule has 0 aliphatic rings. The van der Waals surface area contributed by atoms with Gasteiger partial charge in [0.05, 0.1) is 0 Å². The summed E-state index contributed by atoms with van der Waals surface area (Å²) in [6.45, 7) is 6.23. The largest absolute Gasteiger partial charge is 0.462 e. The van der Waals surface area contributed by atoms with Crippen LogP contribution in [0.4, 0.5) is 0 Å². The van der Waals surface area contributed by atoms with Gasteiger partial charge in [0.1, 0.15) is 13.2 Å². The van der Waals surface area contributed by atoms with Crippen LogP contribution in [0.3, 0.4) is 0 Å². The number of hydrogen-bond donors (Lipinski definition) is 0. The van der Waals surface area contributed by atoms with E-state index in [9.17, 15) is 14.4 Å². The molecule has 0 N–H and O–H groups in total. The lowest BCUT2D eigenvalue weighted by molar-refractivity contribution is -0.167. The fraction of sp³-hybridized carbons (Fsp3) is 0.561. The maximum Gasteiger partial charge on any atom is 0.306 e. The molecule has 63 heavy (non-hydrogen) atoms. The summed E-state index contributed by atoms with van der Waals surface area (Å²) < 4.78 is 16.7. The molecule has 6 heteroatoms. The topological polar surface area (TPSA) is 78.9 Å². The molecule has 0 bridgehead atoms. The Kier molecular flexibility index (Phi) is 46.7. The molecule has 0 amide bonds. The number of allylic oxidation sites excluding steroid dienone is 22. The van der Waals surface area contributed by atoms with Gasteiger partial charge in [0, 0.05) is 19.3 Å². The number of hydrogen-bond acceptors (Lipinski definition) is 6. The molecule has 1 unspecified atom stereocenters. The highest BCUT2D eigenvalue weighted by molar-refractivity contribution is 5.71. The van der Waals surface area contributed by atoms with Crippen molar-refractivity contribution in [1.29, 1.82) is 0 Å². The van der Waals surface area contributed by atoms with Crippen LogP contribution in [0, 0.1) is 0 Å². The molecule has 0 saturated carbocycles. The second-order valence-electron chi connectivity index (χ2n) is 15.7. The zero-order chi connectivity index (χ0) is 45.8. The average molecular weight is 869 g/mol. The highest BCUT2D eigenvalue weighted by Crippen LogP contribution is 2.12. The summed E-state index contributed by atoms with van der Waals surface area (Å²) in [6, 6.07) is 0. The van der Waals surface area contributed by atoms with Crippen molar-refractivity contribution in [3.63, 3.8) is 0 Å². The first kappa shape index (κ1) is 58.6. The van der Waals surface area contributed by atoms with Crippen molar-refractivity contribution in [2.45, 2.75) is 194 Å². The molecule has 0 fully saturated rings. The average Bonchev–Trinajstić information content (AvgIpc) is 3.28. The summed E-state index contributed by atoms with van der Waals surface area (Å²) >= 11 is 0. The lowest BCUT2D eigenvalue weighted by Gasteiger charge is -2.18. The van der Waals surface area contributed by atoms with Gasteiger partial charge < -0.3 is 14.2 Å². The maximum atomic E-state index is 12.8. The highest BCUT2D eigenvalue weighted by Gasteiger charge is 2.19. The van der Waals surface area contributed by atoms with Gasteiger partial charge in [-0.25, -0.2) is 0 Å². The molecule has 0 aromatic rings. The second kappa shape index (κ2) is 50.2. The van der Waals surface area contributed by atoms with Gasteiger partial charge in [-0.05, 0) is 103 Å². The SMILES string of the molecule is CC/C=C/C=C/C=C/C=C/CCCCCC(=O)OCC(COC(=O)CCC/C=C/C/C=C/C/C=C/C/C=C/C/C=C/CC)OC(=O)CCCCCCCC/C=C/C=C/CCCCC. The molecule has 0 spiro atoms. The minimum absolute atomic E-state index is 0.126. The van der Waals surface area contributed by atoms with Crippen LogP contribution >= 0.6 is 0 Å². The molecule has 0 aromatic carbocycles. The van der Waals surface area contributed by atoms with Gasteiger partial charge >= 0.3 is 17.9 Å². The Labute approximate surface area is 385 Å². The van der Waals surface area contributed by atoms with Crippen molar-refractivity contribution in [2.24, 2.45) is 0 Å². The third kappa shape index (κ3) is 48.4. The monoisotopic (exact) mass is 869 g/mol. The van der Waals surface area contributed by atoms with E-state index in [0.29, 0.717) is 12.8 Å². The van der Waals surface area contributed by atoms with Crippen molar-refractivity contribution >= 4 is 17.9 Å². The standard InChI is InChI=1S/C57H88O6/c1-4-7-10-13-16-19-22-25-27-28-30-32-35-38-41-44-47-50-56(59)62-53-54(52-61-55(58)49-46-43-40-37-34-31-24-21-18-15-12-9-6-3)63-57(60)51-48-45-42-39-36-33-29-26-23-20-17-14-11-8-5-2/h7,9-10,12,15-21,23-27,30-32,34,38,41,54H,4-6,8,11,13-14,22,28-29,33,35-37,39-40,42-53H2,1-3H3/b10-7+,12-9+,18-15+,19-16+,20-17+,24-21+,26-23+,27-25+,32-30+,34-31+,41-38+. The molecule has 1 atom stereocenters. The normalized spacial score (nSPS) is 13.3. The van der Waals surface area contributed by atoms with E-state index >= 15 is 0 Å². The van der Waals surface area contributed by atoms with Crippen LogP contribution in [0.25, 0.3) is 0 Å². The van der Waals surface area contributed by atoms with E-state index in [2.05, 4.69) is 118 Å².